The molecule has 162 valence electrons. The number of aliphatic imine (C=N–C) groups is 1. The molecule has 5 nitrogen and oxygen atoms in total. The Balaban J connectivity index is 1.52. The normalized spacial score (nSPS) is 12.4. The smallest absolute Gasteiger partial charge is 0.258 e. The van der Waals surface area contributed by atoms with Crippen molar-refractivity contribution in [3.63, 3.8) is 0 Å². The lowest BCUT2D eigenvalue weighted by atomic mass is 10.1. The summed E-state index contributed by atoms with van der Waals surface area (Å²) in [6.45, 7) is 5.10. The van der Waals surface area contributed by atoms with Gasteiger partial charge in [0.25, 0.3) is 5.56 Å². The number of nitrogens with zero attached hydrogens (tertiary/aromatic N) is 2. The van der Waals surface area contributed by atoms with Crippen LogP contribution in [0.5, 0.6) is 5.75 Å². The molecule has 0 atom stereocenters. The van der Waals surface area contributed by atoms with Crippen molar-refractivity contribution in [2.24, 2.45) is 4.99 Å². The zero-order valence-electron chi connectivity index (χ0n) is 18.0. The standard InChI is InChI=1S/C26H24FN3O2/c1-18(2)28-16-22-5-3-4-20-14-23(10-11-25(20)29-22)30-13-12-24(15-26(30)31)32-17-19-6-8-21(27)9-7-19/h4-15,18,28H,16-17H2,1-2H3. The van der Waals surface area contributed by atoms with Crippen LogP contribution in [0.3, 0.4) is 0 Å². The Morgan fingerprint density at radius 1 is 1.09 bits per heavy atom. The number of aromatic nitrogens is 1. The molecule has 0 radical (unpaired) electrons. The number of hydrogen-bond donors (Lipinski definition) is 1. The highest BCUT2D eigenvalue weighted by Crippen LogP contribution is 2.25. The van der Waals surface area contributed by atoms with Gasteiger partial charge in [0.2, 0.25) is 0 Å². The van der Waals surface area contributed by atoms with Crippen LogP contribution < -0.4 is 15.6 Å². The van der Waals surface area contributed by atoms with Crippen LogP contribution in [0.1, 0.15) is 25.0 Å². The summed E-state index contributed by atoms with van der Waals surface area (Å²) in [5.74, 6) is 0.164. The third-order valence-corrected chi connectivity index (χ3v) is 4.94. The molecule has 3 aromatic rings. The summed E-state index contributed by atoms with van der Waals surface area (Å²) in [5.41, 5.74) is 7.14. The average molecular weight is 429 g/mol. The summed E-state index contributed by atoms with van der Waals surface area (Å²) in [5, 5.41) is 3.36. The first-order valence-electron chi connectivity index (χ1n) is 10.5. The Morgan fingerprint density at radius 3 is 2.66 bits per heavy atom. The van der Waals surface area contributed by atoms with Crippen LogP contribution in [0.2, 0.25) is 0 Å². The molecule has 4 rings (SSSR count). The van der Waals surface area contributed by atoms with Crippen molar-refractivity contribution in [3.05, 3.63) is 99.9 Å². The third-order valence-electron chi connectivity index (χ3n) is 4.94. The Morgan fingerprint density at radius 2 is 1.91 bits per heavy atom. The van der Waals surface area contributed by atoms with E-state index in [9.17, 15) is 9.18 Å². The summed E-state index contributed by atoms with van der Waals surface area (Å²) in [4.78, 5) is 17.4. The number of nitrogens with one attached hydrogen (secondary N) is 1. The molecule has 0 amide bonds. The summed E-state index contributed by atoms with van der Waals surface area (Å²) in [6, 6.07) is 15.3. The first kappa shape index (κ1) is 21.5. The Bertz CT molecular complexity index is 1270. The van der Waals surface area contributed by atoms with E-state index < -0.39 is 0 Å². The minimum Gasteiger partial charge on any atom is -0.489 e. The van der Waals surface area contributed by atoms with E-state index in [-0.39, 0.29) is 18.0 Å². The largest absolute Gasteiger partial charge is 0.489 e. The summed E-state index contributed by atoms with van der Waals surface area (Å²) < 4.78 is 20.3. The summed E-state index contributed by atoms with van der Waals surface area (Å²) >= 11 is 0. The highest BCUT2D eigenvalue weighted by Gasteiger charge is 2.08. The highest BCUT2D eigenvalue weighted by molar-refractivity contribution is 6.00. The molecule has 0 saturated carbocycles. The molecule has 0 aliphatic carbocycles. The van der Waals surface area contributed by atoms with Gasteiger partial charge in [-0.25, -0.2) is 4.39 Å². The van der Waals surface area contributed by atoms with E-state index in [2.05, 4.69) is 24.9 Å². The van der Waals surface area contributed by atoms with Crippen molar-refractivity contribution in [1.82, 2.24) is 9.88 Å². The second-order valence-corrected chi connectivity index (χ2v) is 7.82. The van der Waals surface area contributed by atoms with Gasteiger partial charge in [-0.05, 0) is 48.0 Å². The molecule has 2 aromatic carbocycles. The minimum atomic E-state index is -0.295. The zero-order valence-corrected chi connectivity index (χ0v) is 18.0. The van der Waals surface area contributed by atoms with E-state index >= 15 is 0 Å². The first-order valence-corrected chi connectivity index (χ1v) is 10.5. The molecular weight excluding hydrogens is 405 g/mol. The fourth-order valence-electron chi connectivity index (χ4n) is 3.23. The van der Waals surface area contributed by atoms with E-state index in [4.69, 9.17) is 9.73 Å². The fourth-order valence-corrected chi connectivity index (χ4v) is 3.23. The van der Waals surface area contributed by atoms with Gasteiger partial charge in [0.1, 0.15) is 18.2 Å². The maximum Gasteiger partial charge on any atom is 0.258 e. The first-order chi connectivity index (χ1) is 15.5. The van der Waals surface area contributed by atoms with Gasteiger partial charge in [0.15, 0.2) is 0 Å². The minimum absolute atomic E-state index is 0.208. The van der Waals surface area contributed by atoms with Gasteiger partial charge in [-0.2, -0.15) is 0 Å². The number of ether oxygens (including phenoxy) is 1. The van der Waals surface area contributed by atoms with Crippen LogP contribution in [-0.2, 0) is 6.61 Å². The molecule has 1 aromatic heterocycles. The molecule has 0 unspecified atom stereocenters. The summed E-state index contributed by atoms with van der Waals surface area (Å²) in [7, 11) is 0. The van der Waals surface area contributed by atoms with E-state index in [0.29, 0.717) is 18.3 Å². The zero-order chi connectivity index (χ0) is 22.5. The number of pyridine rings is 1. The van der Waals surface area contributed by atoms with Gasteiger partial charge in [-0.3, -0.25) is 14.4 Å². The van der Waals surface area contributed by atoms with Crippen LogP contribution in [0.4, 0.5) is 10.1 Å². The van der Waals surface area contributed by atoms with Crippen LogP contribution in [0, 0.1) is 5.82 Å². The molecule has 1 aliphatic rings. The van der Waals surface area contributed by atoms with Crippen LogP contribution >= 0.6 is 0 Å². The summed E-state index contributed by atoms with van der Waals surface area (Å²) in [6.07, 6.45) is 5.42. The van der Waals surface area contributed by atoms with Crippen LogP contribution in [-0.4, -0.2) is 22.9 Å². The van der Waals surface area contributed by atoms with E-state index in [1.807, 2.05) is 30.4 Å². The Hall–Kier alpha value is -3.73. The topological polar surface area (TPSA) is 55.6 Å². The molecule has 0 saturated heterocycles. The SMILES string of the molecule is CC(C)NCC1=Nc2ccc(-n3ccc(OCc4ccc(F)cc4)cc3=O)cc2C=C=C1. The van der Waals surface area contributed by atoms with E-state index in [1.165, 1.54) is 18.2 Å². The van der Waals surface area contributed by atoms with Gasteiger partial charge in [-0.1, -0.05) is 26.0 Å². The van der Waals surface area contributed by atoms with Crippen molar-refractivity contribution >= 4 is 17.5 Å². The molecule has 6 heteroatoms. The van der Waals surface area contributed by atoms with Gasteiger partial charge < -0.3 is 10.1 Å². The van der Waals surface area contributed by atoms with Gasteiger partial charge in [-0.15, -0.1) is 5.73 Å². The molecule has 0 spiro atoms. The second-order valence-electron chi connectivity index (χ2n) is 7.82. The van der Waals surface area contributed by atoms with Crippen molar-refractivity contribution < 1.29 is 9.13 Å². The van der Waals surface area contributed by atoms with Crippen molar-refractivity contribution in [1.29, 1.82) is 0 Å². The lowest BCUT2D eigenvalue weighted by Gasteiger charge is -2.11. The molecule has 32 heavy (non-hydrogen) atoms. The van der Waals surface area contributed by atoms with E-state index in [1.54, 1.807) is 29.0 Å². The number of fused-ring (bicyclic) bond motifs is 1. The van der Waals surface area contributed by atoms with Crippen molar-refractivity contribution in [2.75, 3.05) is 6.54 Å². The fraction of sp³-hybridized carbons (Fsp3) is 0.192. The lowest BCUT2D eigenvalue weighted by molar-refractivity contribution is 0.305. The Labute approximate surface area is 186 Å². The molecule has 1 aliphatic heterocycles. The van der Waals surface area contributed by atoms with Gasteiger partial charge >= 0.3 is 0 Å². The van der Waals surface area contributed by atoms with Crippen LogP contribution in [0.15, 0.2) is 82.4 Å². The van der Waals surface area contributed by atoms with Crippen molar-refractivity contribution in [2.45, 2.75) is 26.5 Å². The second kappa shape index (κ2) is 9.60. The number of benzene rings is 2. The third kappa shape index (κ3) is 5.30. The molecular formula is C26H24FN3O2. The van der Waals surface area contributed by atoms with Gasteiger partial charge in [0.05, 0.1) is 11.4 Å². The molecule has 1 N–H and O–H groups in total. The maximum atomic E-state index is 13.0. The predicted molar refractivity (Wildman–Crippen MR) is 126 cm³/mol. The predicted octanol–water partition coefficient (Wildman–Crippen LogP) is 4.81. The van der Waals surface area contributed by atoms with Gasteiger partial charge in [0, 0.05) is 42.2 Å². The lowest BCUT2D eigenvalue weighted by Crippen LogP contribution is -2.28. The highest BCUT2D eigenvalue weighted by atomic mass is 19.1. The molecule has 0 bridgehead atoms. The Kier molecular flexibility index (Phi) is 6.45. The quantitative estimate of drug-likeness (QED) is 0.549. The monoisotopic (exact) mass is 429 g/mol. The molecule has 0 fully saturated rings. The average Bonchev–Trinajstić information content (AvgIpc) is 2.99. The molecule has 2 heterocycles. The number of hydrogen-bond acceptors (Lipinski definition) is 4. The maximum absolute atomic E-state index is 13.0. The van der Waals surface area contributed by atoms with E-state index in [0.717, 1.165) is 28.2 Å². The number of rotatable bonds is 7. The van der Waals surface area contributed by atoms with Crippen LogP contribution in [0.25, 0.3) is 11.8 Å². The van der Waals surface area contributed by atoms with Crippen molar-refractivity contribution in [3.8, 4) is 11.4 Å². The number of halogens is 1.